The first-order valence-electron chi connectivity index (χ1n) is 12.7. The maximum atomic E-state index is 13.2. The monoisotopic (exact) mass is 1220 g/mol. The Morgan fingerprint density at radius 2 is 0.284 bits per heavy atom. The molecule has 0 aromatic heterocycles. The number of hydrogen-bond acceptors (Lipinski definition) is 8. The van der Waals surface area contributed by atoms with Gasteiger partial charge in [-0.3, -0.25) is 0 Å². The summed E-state index contributed by atoms with van der Waals surface area (Å²) in [5.41, 5.74) is 0. The van der Waals surface area contributed by atoms with Crippen LogP contribution >= 0.6 is 0 Å². The van der Waals surface area contributed by atoms with Gasteiger partial charge >= 0.3 is 110 Å². The Morgan fingerprint density at radius 1 is 0.194 bits per heavy atom. The molecule has 0 amide bonds. The van der Waals surface area contributed by atoms with Crippen LogP contribution in [-0.4, -0.2) is 127 Å². The van der Waals surface area contributed by atoms with Crippen molar-refractivity contribution in [2.45, 2.75) is 93.1 Å². The van der Waals surface area contributed by atoms with Crippen LogP contribution in [-0.2, 0) is 57.2 Å². The van der Waals surface area contributed by atoms with E-state index in [-0.39, 0.29) is 25.3 Å². The van der Waals surface area contributed by atoms with Gasteiger partial charge < -0.3 is 8.25 Å². The van der Waals surface area contributed by atoms with Crippen molar-refractivity contribution in [3.8, 4) is 0 Å². The fraction of sp³-hybridized carbons (Fsp3) is 1.00. The topological polar surface area (TPSA) is 165 Å². The van der Waals surface area contributed by atoms with Gasteiger partial charge in [0.2, 0.25) is 0 Å². The van der Waals surface area contributed by atoms with Gasteiger partial charge in [-0.25, -0.2) is 33.7 Å². The summed E-state index contributed by atoms with van der Waals surface area (Å²) in [7, 11) is -35.2. The van der Waals surface area contributed by atoms with E-state index in [9.17, 15) is 192 Å². The van der Waals surface area contributed by atoms with Crippen molar-refractivity contribution >= 4 is 40.1 Å². The predicted octanol–water partition coefficient (Wildman–Crippen LogP) is 9.74. The summed E-state index contributed by atoms with van der Waals surface area (Å²) in [4.78, 5) is 0. The van der Waals surface area contributed by atoms with Gasteiger partial charge in [0.1, 0.15) is 0 Å². The molecule has 409 valence electrons. The minimum absolute atomic E-state index is 0. The second-order valence-electron chi connectivity index (χ2n) is 10.7. The van der Waals surface area contributed by atoms with Crippen LogP contribution in [0, 0.1) is 0 Å². The second kappa shape index (κ2) is 17.5. The SMILES string of the molecule is O=S(=O)([N-]S(=O)(=O)C(F)(F)C(F)(F)C(F)(F)C(F)(F)F)C(F)(F)C(F)(F)C(F)(F)C(F)(F)F.O=S(=O)([N-]S(=O)(=O)C(F)(F)C(F)(F)C(F)(F)C(F)(F)F)C(F)(F)C(F)(F)C(F)(F)C(F)(F)F.[Cu+2]. The van der Waals surface area contributed by atoms with Crippen molar-refractivity contribution in [1.82, 2.24) is 0 Å². The van der Waals surface area contributed by atoms with Crippen molar-refractivity contribution in [2.24, 2.45) is 0 Å². The summed E-state index contributed by atoms with van der Waals surface area (Å²) in [6.45, 7) is 0. The molecule has 0 aliphatic heterocycles. The van der Waals surface area contributed by atoms with Crippen molar-refractivity contribution in [1.29, 1.82) is 0 Å². The van der Waals surface area contributed by atoms with Crippen LogP contribution in [0.4, 0.5) is 158 Å². The Labute approximate surface area is 350 Å². The largest absolute Gasteiger partial charge is 2.00 e. The van der Waals surface area contributed by atoms with E-state index in [1.807, 2.05) is 0 Å². The van der Waals surface area contributed by atoms with Crippen molar-refractivity contribution in [2.75, 3.05) is 0 Å². The van der Waals surface area contributed by atoms with Crippen LogP contribution in [0.5, 0.6) is 0 Å². The van der Waals surface area contributed by atoms with Gasteiger partial charge in [0.05, 0.1) is 0 Å². The molecule has 67 heavy (non-hydrogen) atoms. The van der Waals surface area contributed by atoms with Gasteiger partial charge in [-0.05, 0) is 0 Å². The molecule has 1 radical (unpaired) electrons. The van der Waals surface area contributed by atoms with Crippen LogP contribution < -0.4 is 0 Å². The van der Waals surface area contributed by atoms with Crippen LogP contribution in [0.2, 0.25) is 0 Å². The molecule has 0 bridgehead atoms. The molecule has 0 heterocycles. The van der Waals surface area contributed by atoms with Crippen molar-refractivity contribution in [3.05, 3.63) is 8.25 Å². The van der Waals surface area contributed by atoms with Crippen molar-refractivity contribution < 1.29 is 209 Å². The molecule has 51 heteroatoms. The number of sulfonamides is 4. The Hall–Kier alpha value is -2.28. The molecule has 0 aromatic rings. The molecule has 0 aliphatic rings. The number of alkyl halides is 36. The molecule has 10 nitrogen and oxygen atoms in total. The first-order chi connectivity index (χ1) is 27.4. The molecule has 0 aromatic carbocycles. The molecule has 0 spiro atoms. The zero-order valence-electron chi connectivity index (χ0n) is 27.7. The molecule has 0 rings (SSSR count). The molecular formula is C16CuF36N2O8S4. The predicted molar refractivity (Wildman–Crippen MR) is 126 cm³/mol. The third-order valence-corrected chi connectivity index (χ3v) is 12.9. The summed E-state index contributed by atoms with van der Waals surface area (Å²) >= 11 is 0. The van der Waals surface area contributed by atoms with Gasteiger partial charge in [0, 0.05) is 0 Å². The van der Waals surface area contributed by atoms with Crippen molar-refractivity contribution in [3.63, 3.8) is 0 Å². The summed E-state index contributed by atoms with van der Waals surface area (Å²) in [6.07, 6.45) is -31.1. The first-order valence-corrected chi connectivity index (χ1v) is 18.4. The van der Waals surface area contributed by atoms with E-state index >= 15 is 0 Å². The minimum Gasteiger partial charge on any atom is -0.425 e. The van der Waals surface area contributed by atoms with Crippen LogP contribution in [0.3, 0.4) is 0 Å². The van der Waals surface area contributed by atoms with Crippen LogP contribution in [0.15, 0.2) is 0 Å². The van der Waals surface area contributed by atoms with Gasteiger partial charge in [-0.2, -0.15) is 158 Å². The maximum Gasteiger partial charge on any atom is 2.00 e. The van der Waals surface area contributed by atoms with Crippen LogP contribution in [0.25, 0.3) is 8.25 Å². The van der Waals surface area contributed by atoms with Gasteiger partial charge in [0.15, 0.2) is 40.1 Å². The fourth-order valence-electron chi connectivity index (χ4n) is 2.54. The Morgan fingerprint density at radius 3 is 0.358 bits per heavy atom. The zero-order valence-corrected chi connectivity index (χ0v) is 31.9. The van der Waals surface area contributed by atoms with E-state index in [0.29, 0.717) is 0 Å². The Balaban J connectivity index is -0.00000120. The minimum atomic E-state index is -8.81. The van der Waals surface area contributed by atoms with E-state index < -0.39 is 133 Å². The van der Waals surface area contributed by atoms with Gasteiger partial charge in [-0.1, -0.05) is 0 Å². The Kier molecular flexibility index (Phi) is 18.0. The number of halogens is 36. The Bertz CT molecular complexity index is 1930. The fourth-order valence-corrected chi connectivity index (χ4v) is 7.91. The molecule has 0 saturated heterocycles. The zero-order chi connectivity index (χ0) is 55.4. The molecule has 0 aliphatic carbocycles. The summed E-state index contributed by atoms with van der Waals surface area (Å²) in [5.74, 6) is -65.9. The number of nitrogens with zero attached hydrogens (tertiary/aromatic N) is 2. The summed E-state index contributed by atoms with van der Waals surface area (Å²) in [5, 5.41) is -32.9. The number of hydrogen-bond donors (Lipinski definition) is 0. The molecule has 0 saturated carbocycles. The molecular weight excluding hydrogens is 1220 g/mol. The molecule has 0 N–H and O–H groups in total. The molecule has 0 fully saturated rings. The second-order valence-corrected chi connectivity index (χ2v) is 17.7. The maximum absolute atomic E-state index is 13.2. The third kappa shape index (κ3) is 10.3. The average Bonchev–Trinajstić information content (AvgIpc) is 3.00. The smallest absolute Gasteiger partial charge is 0.425 e. The molecule has 0 atom stereocenters. The summed E-state index contributed by atoms with van der Waals surface area (Å²) in [6, 6.07) is 0. The van der Waals surface area contributed by atoms with E-state index in [4.69, 9.17) is 0 Å². The normalized spacial score (nSPS) is 16.5. The third-order valence-electron chi connectivity index (χ3n) is 6.15. The van der Waals surface area contributed by atoms with E-state index in [2.05, 4.69) is 0 Å². The van der Waals surface area contributed by atoms with Gasteiger partial charge in [-0.15, -0.1) is 0 Å². The van der Waals surface area contributed by atoms with Crippen LogP contribution in [0.1, 0.15) is 0 Å². The van der Waals surface area contributed by atoms with E-state index in [1.54, 1.807) is 0 Å². The standard InChI is InChI=1S/2C8F18NO4S2.Cu/c2*9-1(10,5(17,18)19)3(13,14)7(23,24)32(28,29)27-33(30,31)8(25,26)4(15,16)2(11,12)6(20,21)22;/q2*-1;+2. The summed E-state index contributed by atoms with van der Waals surface area (Å²) < 4.78 is 539. The van der Waals surface area contributed by atoms with E-state index in [1.165, 1.54) is 0 Å². The number of rotatable bonds is 16. The van der Waals surface area contributed by atoms with E-state index in [0.717, 1.165) is 0 Å². The molecule has 0 unspecified atom stereocenters. The first kappa shape index (κ1) is 69.0. The van der Waals surface area contributed by atoms with Gasteiger partial charge in [0.25, 0.3) is 0 Å². The quantitative estimate of drug-likeness (QED) is 0.109. The average molecular weight is 1220 g/mol.